The van der Waals surface area contributed by atoms with Gasteiger partial charge >= 0.3 is 7.60 Å². The first-order chi connectivity index (χ1) is 5.40. The third kappa shape index (κ3) is 4.56. The van der Waals surface area contributed by atoms with Gasteiger partial charge in [0.15, 0.2) is 0 Å². The van der Waals surface area contributed by atoms with Gasteiger partial charge in [-0.2, -0.15) is 0 Å². The van der Waals surface area contributed by atoms with E-state index in [1.54, 1.807) is 0 Å². The Morgan fingerprint density at radius 2 is 2.25 bits per heavy atom. The van der Waals surface area contributed by atoms with Gasteiger partial charge in [0.25, 0.3) is 0 Å². The summed E-state index contributed by atoms with van der Waals surface area (Å²) < 4.78 is 15.7. The maximum atomic E-state index is 10.8. The first kappa shape index (κ1) is 11.7. The highest BCUT2D eigenvalue weighted by Gasteiger charge is 2.21. The van der Waals surface area contributed by atoms with Gasteiger partial charge in [-0.1, -0.05) is 26.2 Å². The summed E-state index contributed by atoms with van der Waals surface area (Å²) in [6.45, 7) is 4.98. The van der Waals surface area contributed by atoms with Crippen LogP contribution in [0, 0.1) is 18.3 Å². The second kappa shape index (κ2) is 4.67. The van der Waals surface area contributed by atoms with Crippen molar-refractivity contribution in [2.45, 2.75) is 26.4 Å². The molecule has 0 saturated heterocycles. The van der Waals surface area contributed by atoms with E-state index in [1.165, 1.54) is 0 Å². The Kier molecular flexibility index (Phi) is 4.55. The van der Waals surface area contributed by atoms with Crippen LogP contribution in [0.4, 0.5) is 0 Å². The topological polar surface area (TPSA) is 46.5 Å². The summed E-state index contributed by atoms with van der Waals surface area (Å²) in [7, 11) is -3.45. The van der Waals surface area contributed by atoms with Crippen LogP contribution in [0.15, 0.2) is 0 Å². The van der Waals surface area contributed by atoms with Gasteiger partial charge in [-0.15, -0.1) is 6.42 Å². The molecule has 0 aromatic rings. The molecule has 0 aliphatic carbocycles. The Labute approximate surface area is 73.7 Å². The van der Waals surface area contributed by atoms with Crippen LogP contribution in [0.25, 0.3) is 0 Å². The lowest BCUT2D eigenvalue weighted by molar-refractivity contribution is 0.171. The number of rotatable bonds is 4. The van der Waals surface area contributed by atoms with Crippen molar-refractivity contribution in [3.05, 3.63) is 0 Å². The Bertz CT molecular complexity index is 213. The van der Waals surface area contributed by atoms with Crippen molar-refractivity contribution in [2.75, 3.05) is 6.66 Å². The third-order valence-corrected chi connectivity index (χ3v) is 2.25. The molecule has 3 nitrogen and oxygen atoms in total. The molecule has 0 aliphatic rings. The molecule has 0 heterocycles. The molecule has 0 rings (SSSR count). The number of terminal acetylenes is 1. The molecule has 3 unspecified atom stereocenters. The second-order valence-electron chi connectivity index (χ2n) is 2.88. The highest BCUT2D eigenvalue weighted by atomic mass is 31.2. The van der Waals surface area contributed by atoms with Crippen LogP contribution in [-0.4, -0.2) is 17.7 Å². The van der Waals surface area contributed by atoms with Crippen LogP contribution in [-0.2, 0) is 9.09 Å². The molecule has 1 N–H and O–H groups in total. The number of hydrogen-bond donors (Lipinski definition) is 1. The normalized spacial score (nSPS) is 20.6. The van der Waals surface area contributed by atoms with Gasteiger partial charge in [0.05, 0.1) is 0 Å². The molecular weight excluding hydrogens is 175 g/mol. The third-order valence-electron chi connectivity index (χ3n) is 1.63. The molecule has 70 valence electrons. The maximum absolute atomic E-state index is 10.8. The fourth-order valence-electron chi connectivity index (χ4n) is 0.723. The second-order valence-corrected chi connectivity index (χ2v) is 4.70. The molecular formula is C8H15O3P. The predicted molar refractivity (Wildman–Crippen MR) is 48.9 cm³/mol. The molecule has 0 radical (unpaired) electrons. The lowest BCUT2D eigenvalue weighted by atomic mass is 10.0. The highest BCUT2D eigenvalue weighted by Crippen LogP contribution is 2.39. The molecule has 0 saturated carbocycles. The summed E-state index contributed by atoms with van der Waals surface area (Å²) in [6, 6.07) is 0. The Hall–Kier alpha value is -0.290. The van der Waals surface area contributed by atoms with Crippen LogP contribution in [0.2, 0.25) is 0 Å². The van der Waals surface area contributed by atoms with E-state index in [0.717, 1.165) is 13.1 Å². The first-order valence-electron chi connectivity index (χ1n) is 3.85. The summed E-state index contributed by atoms with van der Waals surface area (Å²) in [4.78, 5) is 8.90. The largest absolute Gasteiger partial charge is 0.326 e. The van der Waals surface area contributed by atoms with Crippen LogP contribution in [0.1, 0.15) is 20.3 Å². The minimum Gasteiger partial charge on any atom is -0.324 e. The zero-order valence-electron chi connectivity index (χ0n) is 7.65. The van der Waals surface area contributed by atoms with Crippen molar-refractivity contribution in [2.24, 2.45) is 5.92 Å². The molecule has 0 bridgehead atoms. The lowest BCUT2D eigenvalue weighted by Crippen LogP contribution is -2.17. The monoisotopic (exact) mass is 190 g/mol. The minimum atomic E-state index is -3.45. The molecule has 3 atom stereocenters. The summed E-state index contributed by atoms with van der Waals surface area (Å²) in [5, 5.41) is 0. The van der Waals surface area contributed by atoms with Crippen molar-refractivity contribution in [1.29, 1.82) is 0 Å². The van der Waals surface area contributed by atoms with Gasteiger partial charge < -0.3 is 4.89 Å². The van der Waals surface area contributed by atoms with E-state index in [9.17, 15) is 4.57 Å². The highest BCUT2D eigenvalue weighted by molar-refractivity contribution is 7.51. The van der Waals surface area contributed by atoms with E-state index in [1.807, 2.05) is 13.8 Å². The van der Waals surface area contributed by atoms with Crippen molar-refractivity contribution in [3.63, 3.8) is 0 Å². The molecule has 0 amide bonds. The molecule has 0 spiro atoms. The fraction of sp³-hybridized carbons (Fsp3) is 0.750. The van der Waals surface area contributed by atoms with E-state index in [0.29, 0.717) is 0 Å². The van der Waals surface area contributed by atoms with E-state index >= 15 is 0 Å². The van der Waals surface area contributed by atoms with E-state index in [-0.39, 0.29) is 5.92 Å². The van der Waals surface area contributed by atoms with E-state index in [2.05, 4.69) is 5.92 Å². The van der Waals surface area contributed by atoms with Crippen LogP contribution in [0.5, 0.6) is 0 Å². The lowest BCUT2D eigenvalue weighted by Gasteiger charge is -2.19. The first-order valence-corrected chi connectivity index (χ1v) is 5.88. The summed E-state index contributed by atoms with van der Waals surface area (Å²) >= 11 is 0. The maximum Gasteiger partial charge on any atom is 0.326 e. The average Bonchev–Trinajstić information content (AvgIpc) is 1.97. The predicted octanol–water partition coefficient (Wildman–Crippen LogP) is 1.87. The Morgan fingerprint density at radius 1 is 1.75 bits per heavy atom. The van der Waals surface area contributed by atoms with Gasteiger partial charge in [0.1, 0.15) is 6.10 Å². The smallest absolute Gasteiger partial charge is 0.324 e. The van der Waals surface area contributed by atoms with Gasteiger partial charge in [0, 0.05) is 6.66 Å². The minimum absolute atomic E-state index is 0.107. The van der Waals surface area contributed by atoms with E-state index in [4.69, 9.17) is 15.8 Å². The SMILES string of the molecule is C#CC(OP(C)(=O)O)C(C)CC. The molecule has 0 fully saturated rings. The fourth-order valence-corrected chi connectivity index (χ4v) is 1.41. The Morgan fingerprint density at radius 3 is 2.50 bits per heavy atom. The van der Waals surface area contributed by atoms with Crippen LogP contribution < -0.4 is 0 Å². The average molecular weight is 190 g/mol. The summed E-state index contributed by atoms with van der Waals surface area (Å²) in [6.07, 6.45) is 5.42. The van der Waals surface area contributed by atoms with Gasteiger partial charge in [-0.3, -0.25) is 9.09 Å². The van der Waals surface area contributed by atoms with Gasteiger partial charge in [-0.05, 0) is 5.92 Å². The van der Waals surface area contributed by atoms with E-state index < -0.39 is 13.7 Å². The zero-order valence-corrected chi connectivity index (χ0v) is 8.54. The van der Waals surface area contributed by atoms with Crippen molar-refractivity contribution >= 4 is 7.60 Å². The van der Waals surface area contributed by atoms with Gasteiger partial charge in [-0.25, -0.2) is 0 Å². The zero-order chi connectivity index (χ0) is 9.78. The summed E-state index contributed by atoms with van der Waals surface area (Å²) in [5.74, 6) is 2.46. The van der Waals surface area contributed by atoms with Gasteiger partial charge in [0.2, 0.25) is 0 Å². The van der Waals surface area contributed by atoms with Crippen molar-refractivity contribution in [3.8, 4) is 12.3 Å². The Balaban J connectivity index is 4.21. The standard InChI is InChI=1S/C8H15O3P/c1-5-7(3)8(6-2)11-12(4,9)10/h2,7-8H,5H2,1,3-4H3,(H,9,10). The quantitative estimate of drug-likeness (QED) is 0.543. The molecule has 0 aliphatic heterocycles. The molecule has 4 heteroatoms. The molecule has 0 aromatic carbocycles. The number of hydrogen-bond acceptors (Lipinski definition) is 2. The summed E-state index contributed by atoms with van der Waals surface area (Å²) in [5.41, 5.74) is 0. The molecule has 12 heavy (non-hydrogen) atoms. The van der Waals surface area contributed by atoms with Crippen LogP contribution >= 0.6 is 7.60 Å². The van der Waals surface area contributed by atoms with Crippen LogP contribution in [0.3, 0.4) is 0 Å². The van der Waals surface area contributed by atoms with Crippen molar-refractivity contribution < 1.29 is 14.0 Å². The van der Waals surface area contributed by atoms with Crippen molar-refractivity contribution in [1.82, 2.24) is 0 Å². The molecule has 0 aromatic heterocycles.